The number of para-hydroxylation sites is 1. The van der Waals surface area contributed by atoms with Gasteiger partial charge in [-0.15, -0.1) is 0 Å². The fourth-order valence-corrected chi connectivity index (χ4v) is 4.20. The molecule has 0 aliphatic carbocycles. The number of allylic oxidation sites excluding steroid dienone is 1. The Morgan fingerprint density at radius 2 is 1.87 bits per heavy atom. The van der Waals surface area contributed by atoms with Crippen LogP contribution < -0.4 is 5.32 Å². The molecule has 3 rings (SSSR count). The summed E-state index contributed by atoms with van der Waals surface area (Å²) in [6, 6.07) is 14.6. The van der Waals surface area contributed by atoms with Gasteiger partial charge in [-0.2, -0.15) is 13.0 Å². The zero-order valence-electron chi connectivity index (χ0n) is 16.9. The van der Waals surface area contributed by atoms with Gasteiger partial charge in [-0.3, -0.25) is 4.55 Å². The molecule has 1 heterocycles. The molecule has 0 unspecified atom stereocenters. The number of rotatable bonds is 8. The van der Waals surface area contributed by atoms with Crippen LogP contribution in [0.4, 0.5) is 11.4 Å². The maximum Gasteiger partial charge on any atom is 0.335 e. The summed E-state index contributed by atoms with van der Waals surface area (Å²) in [6.45, 7) is 4.37. The predicted octanol–water partition coefficient (Wildman–Crippen LogP) is 3.66. The van der Waals surface area contributed by atoms with Gasteiger partial charge in [0.15, 0.2) is 5.71 Å². The zero-order valence-corrected chi connectivity index (χ0v) is 17.7. The Bertz CT molecular complexity index is 1120. The second kappa shape index (κ2) is 8.41. The predicted molar refractivity (Wildman–Crippen MR) is 116 cm³/mol. The molecular formula is C22H25N2O5S+. The van der Waals surface area contributed by atoms with Crippen LogP contribution in [-0.2, 0) is 15.5 Å². The second-order valence-corrected chi connectivity index (χ2v) is 9.25. The molecule has 0 fully saturated rings. The summed E-state index contributed by atoms with van der Waals surface area (Å²) >= 11 is 0. The maximum atomic E-state index is 11.4. The minimum absolute atomic E-state index is 0.201. The Morgan fingerprint density at radius 1 is 1.17 bits per heavy atom. The molecule has 0 spiro atoms. The van der Waals surface area contributed by atoms with E-state index in [0.717, 1.165) is 22.6 Å². The Morgan fingerprint density at radius 3 is 2.50 bits per heavy atom. The Labute approximate surface area is 176 Å². The highest BCUT2D eigenvalue weighted by atomic mass is 32.2. The minimum Gasteiger partial charge on any atom is -0.478 e. The SMILES string of the molecule is CC1(C)C(/C=C/Nc2ccccc2)=[N+](CCCS(=O)(=O)O)c2ccc(C(=O)O)cc21. The van der Waals surface area contributed by atoms with E-state index in [-0.39, 0.29) is 17.7 Å². The number of carbonyl (C=O) groups is 1. The number of carboxylic acids is 1. The number of anilines is 1. The van der Waals surface area contributed by atoms with Crippen molar-refractivity contribution in [2.75, 3.05) is 17.6 Å². The lowest BCUT2D eigenvalue weighted by Crippen LogP contribution is -2.28. The average Bonchev–Trinajstić information content (AvgIpc) is 2.88. The molecule has 158 valence electrons. The fraction of sp³-hybridized carbons (Fsp3) is 0.273. The van der Waals surface area contributed by atoms with E-state index < -0.39 is 21.5 Å². The van der Waals surface area contributed by atoms with Crippen molar-refractivity contribution in [1.29, 1.82) is 0 Å². The van der Waals surface area contributed by atoms with Crippen LogP contribution >= 0.6 is 0 Å². The van der Waals surface area contributed by atoms with Gasteiger partial charge in [-0.1, -0.05) is 18.2 Å². The molecule has 1 aliphatic heterocycles. The lowest BCUT2D eigenvalue weighted by Gasteiger charge is -2.16. The van der Waals surface area contributed by atoms with Gasteiger partial charge in [0, 0.05) is 36.0 Å². The van der Waals surface area contributed by atoms with E-state index in [2.05, 4.69) is 5.32 Å². The molecule has 0 atom stereocenters. The van der Waals surface area contributed by atoms with Gasteiger partial charge >= 0.3 is 5.97 Å². The van der Waals surface area contributed by atoms with E-state index in [1.54, 1.807) is 18.2 Å². The summed E-state index contributed by atoms with van der Waals surface area (Å²) in [5.74, 6) is -1.34. The smallest absolute Gasteiger partial charge is 0.335 e. The number of nitrogens with zero attached hydrogens (tertiary/aromatic N) is 1. The van der Waals surface area contributed by atoms with Crippen LogP contribution in [0.15, 0.2) is 60.8 Å². The Balaban J connectivity index is 1.97. The molecule has 1 aliphatic rings. The quantitative estimate of drug-likeness (QED) is 0.437. The number of aromatic carboxylic acids is 1. The third-order valence-corrected chi connectivity index (χ3v) is 5.99. The van der Waals surface area contributed by atoms with Crippen molar-refractivity contribution in [3.8, 4) is 0 Å². The Kier molecular flexibility index (Phi) is 6.09. The van der Waals surface area contributed by atoms with Gasteiger partial charge in [-0.05, 0) is 38.1 Å². The first kappa shape index (κ1) is 21.7. The van der Waals surface area contributed by atoms with Crippen LogP contribution in [0.3, 0.4) is 0 Å². The molecule has 3 N–H and O–H groups in total. The van der Waals surface area contributed by atoms with E-state index in [0.29, 0.717) is 6.54 Å². The summed E-state index contributed by atoms with van der Waals surface area (Å²) in [7, 11) is -4.05. The molecule has 0 aromatic heterocycles. The maximum absolute atomic E-state index is 11.4. The third-order valence-electron chi connectivity index (χ3n) is 5.19. The Hall–Kier alpha value is -2.97. The van der Waals surface area contributed by atoms with Crippen molar-refractivity contribution >= 4 is 33.2 Å². The van der Waals surface area contributed by atoms with Gasteiger partial charge < -0.3 is 10.4 Å². The van der Waals surface area contributed by atoms with Gasteiger partial charge in [-0.25, -0.2) is 4.79 Å². The molecule has 0 radical (unpaired) electrons. The van der Waals surface area contributed by atoms with Crippen molar-refractivity contribution in [1.82, 2.24) is 0 Å². The summed E-state index contributed by atoms with van der Waals surface area (Å²) in [5.41, 5.74) is 3.22. The number of carboxylic acid groups (broad SMARTS) is 1. The standard InChI is InChI=1S/C22H24N2O5S/c1-22(2)18-15-16(21(25)26)9-10-19(18)24(13-6-14-30(27,28)29)20(22)11-12-23-17-7-4-3-5-8-17/h3-5,7-12,15H,6,13-14H2,1-2H3,(H2,25,26,27,28,29)/p+1. The van der Waals surface area contributed by atoms with Crippen LogP contribution in [0.5, 0.6) is 0 Å². The van der Waals surface area contributed by atoms with E-state index >= 15 is 0 Å². The van der Waals surface area contributed by atoms with E-state index in [1.807, 2.05) is 61.0 Å². The normalized spacial score (nSPS) is 15.4. The molecular weight excluding hydrogens is 404 g/mol. The van der Waals surface area contributed by atoms with E-state index in [4.69, 9.17) is 4.55 Å². The second-order valence-electron chi connectivity index (χ2n) is 7.68. The highest BCUT2D eigenvalue weighted by Gasteiger charge is 2.44. The molecule has 2 aromatic carbocycles. The van der Waals surface area contributed by atoms with Gasteiger partial charge in [0.1, 0.15) is 6.54 Å². The largest absolute Gasteiger partial charge is 0.478 e. The van der Waals surface area contributed by atoms with Gasteiger partial charge in [0.25, 0.3) is 10.1 Å². The van der Waals surface area contributed by atoms with Crippen LogP contribution in [0.1, 0.15) is 36.2 Å². The molecule has 0 saturated heterocycles. The van der Waals surface area contributed by atoms with Gasteiger partial charge in [0.05, 0.1) is 16.7 Å². The van der Waals surface area contributed by atoms with E-state index in [9.17, 15) is 18.3 Å². The zero-order chi connectivity index (χ0) is 21.9. The highest BCUT2D eigenvalue weighted by Crippen LogP contribution is 2.40. The van der Waals surface area contributed by atoms with Crippen LogP contribution in [0, 0.1) is 0 Å². The summed E-state index contributed by atoms with van der Waals surface area (Å²) in [6.07, 6.45) is 3.96. The molecule has 0 saturated carbocycles. The topological polar surface area (TPSA) is 107 Å². The summed E-state index contributed by atoms with van der Waals surface area (Å²) < 4.78 is 33.4. The van der Waals surface area contributed by atoms with E-state index in [1.165, 1.54) is 0 Å². The number of hydrogen-bond donors (Lipinski definition) is 3. The van der Waals surface area contributed by atoms with Crippen molar-refractivity contribution in [3.63, 3.8) is 0 Å². The summed E-state index contributed by atoms with van der Waals surface area (Å²) in [4.78, 5) is 11.4. The first-order valence-corrected chi connectivity index (χ1v) is 11.2. The minimum atomic E-state index is -4.05. The van der Waals surface area contributed by atoms with Crippen LogP contribution in [0.2, 0.25) is 0 Å². The summed E-state index contributed by atoms with van der Waals surface area (Å²) in [5, 5.41) is 12.6. The highest BCUT2D eigenvalue weighted by molar-refractivity contribution is 7.85. The number of fused-ring (bicyclic) bond motifs is 1. The number of hydrogen-bond acceptors (Lipinski definition) is 4. The van der Waals surface area contributed by atoms with Crippen molar-refractivity contribution in [3.05, 3.63) is 71.9 Å². The van der Waals surface area contributed by atoms with Crippen LogP contribution in [0.25, 0.3) is 0 Å². The number of benzene rings is 2. The average molecular weight is 430 g/mol. The first-order valence-electron chi connectivity index (χ1n) is 9.56. The van der Waals surface area contributed by atoms with Crippen LogP contribution in [-0.4, -0.2) is 46.6 Å². The molecule has 2 aromatic rings. The third kappa shape index (κ3) is 4.77. The molecule has 0 bridgehead atoms. The monoisotopic (exact) mass is 429 g/mol. The lowest BCUT2D eigenvalue weighted by atomic mass is 9.81. The van der Waals surface area contributed by atoms with Crippen molar-refractivity contribution in [2.24, 2.45) is 0 Å². The number of nitrogens with one attached hydrogen (secondary N) is 1. The molecule has 30 heavy (non-hydrogen) atoms. The molecule has 8 heteroatoms. The lowest BCUT2D eigenvalue weighted by molar-refractivity contribution is -0.437. The molecule has 7 nitrogen and oxygen atoms in total. The van der Waals surface area contributed by atoms with Crippen molar-refractivity contribution in [2.45, 2.75) is 25.7 Å². The van der Waals surface area contributed by atoms with Gasteiger partial charge in [0.2, 0.25) is 5.69 Å². The fourth-order valence-electron chi connectivity index (χ4n) is 3.71. The molecule has 0 amide bonds. The first-order chi connectivity index (χ1) is 14.1. The van der Waals surface area contributed by atoms with Crippen molar-refractivity contribution < 1.29 is 27.4 Å².